The molecule has 0 spiro atoms. The van der Waals surface area contributed by atoms with E-state index in [1.807, 2.05) is 0 Å². The third kappa shape index (κ3) is 3.38. The van der Waals surface area contributed by atoms with E-state index in [1.54, 1.807) is 4.72 Å². The number of carbonyl (C=O) groups is 1. The molecule has 10 heteroatoms. The standard InChI is InChI=1S/C8H9N3O6S/c1-17-8-6(11(13)14)4-3-5(9-8)7(12)10-18(2,15)16/h3-4H,1-2H3,(H,10,12). The lowest BCUT2D eigenvalue weighted by Gasteiger charge is -2.04. The average molecular weight is 275 g/mol. The summed E-state index contributed by atoms with van der Waals surface area (Å²) in [5.41, 5.74) is -0.726. The molecule has 1 heterocycles. The Morgan fingerprint density at radius 1 is 1.50 bits per heavy atom. The fourth-order valence-electron chi connectivity index (χ4n) is 1.07. The van der Waals surface area contributed by atoms with Crippen LogP contribution in [0.25, 0.3) is 0 Å². The maximum Gasteiger partial charge on any atom is 0.330 e. The SMILES string of the molecule is COc1nc(C(=O)NS(C)(=O)=O)ccc1[N+](=O)[O-]. The number of ether oxygens (including phenoxy) is 1. The zero-order valence-corrected chi connectivity index (χ0v) is 10.2. The first-order chi connectivity index (χ1) is 8.24. The zero-order valence-electron chi connectivity index (χ0n) is 9.41. The fourth-order valence-corrected chi connectivity index (χ4v) is 1.51. The van der Waals surface area contributed by atoms with Gasteiger partial charge in [0.25, 0.3) is 11.8 Å². The van der Waals surface area contributed by atoms with E-state index in [9.17, 15) is 23.3 Å². The smallest absolute Gasteiger partial charge is 0.330 e. The van der Waals surface area contributed by atoms with Gasteiger partial charge in [-0.15, -0.1) is 0 Å². The van der Waals surface area contributed by atoms with Crippen LogP contribution in [0.1, 0.15) is 10.5 Å². The Balaban J connectivity index is 3.13. The Morgan fingerprint density at radius 3 is 2.56 bits per heavy atom. The predicted molar refractivity (Wildman–Crippen MR) is 59.8 cm³/mol. The number of amides is 1. The van der Waals surface area contributed by atoms with E-state index in [0.29, 0.717) is 0 Å². The number of carbonyl (C=O) groups excluding carboxylic acids is 1. The molecule has 0 unspecified atom stereocenters. The number of aromatic nitrogens is 1. The number of nitro groups is 1. The Labute approximate surface area is 102 Å². The first kappa shape index (κ1) is 13.8. The molecule has 0 radical (unpaired) electrons. The molecule has 1 rings (SSSR count). The van der Waals surface area contributed by atoms with Gasteiger partial charge in [-0.1, -0.05) is 0 Å². The van der Waals surface area contributed by atoms with Gasteiger partial charge in [0, 0.05) is 6.07 Å². The first-order valence-corrected chi connectivity index (χ1v) is 6.35. The van der Waals surface area contributed by atoms with Crippen molar-refractivity contribution >= 4 is 21.6 Å². The molecule has 1 aromatic rings. The summed E-state index contributed by atoms with van der Waals surface area (Å²) >= 11 is 0. The Kier molecular flexibility index (Phi) is 3.81. The minimum atomic E-state index is -3.73. The van der Waals surface area contributed by atoms with Crippen LogP contribution in [-0.4, -0.2) is 37.6 Å². The van der Waals surface area contributed by atoms with Gasteiger partial charge >= 0.3 is 5.69 Å². The van der Waals surface area contributed by atoms with Crippen LogP contribution in [-0.2, 0) is 10.0 Å². The molecule has 0 atom stereocenters. The van der Waals surface area contributed by atoms with E-state index in [2.05, 4.69) is 9.72 Å². The lowest BCUT2D eigenvalue weighted by molar-refractivity contribution is -0.386. The molecule has 0 aliphatic heterocycles. The molecule has 98 valence electrons. The molecule has 1 aromatic heterocycles. The van der Waals surface area contributed by atoms with E-state index >= 15 is 0 Å². The molecule has 9 nitrogen and oxygen atoms in total. The predicted octanol–water partition coefficient (Wildman–Crippen LogP) is -0.312. The van der Waals surface area contributed by atoms with E-state index in [1.165, 1.54) is 0 Å². The van der Waals surface area contributed by atoms with Gasteiger partial charge in [-0.2, -0.15) is 0 Å². The minimum Gasteiger partial charge on any atom is -0.476 e. The quantitative estimate of drug-likeness (QED) is 0.589. The van der Waals surface area contributed by atoms with Crippen LogP contribution in [0, 0.1) is 10.1 Å². The second-order valence-electron chi connectivity index (χ2n) is 3.19. The second-order valence-corrected chi connectivity index (χ2v) is 4.93. The molecule has 0 aromatic carbocycles. The van der Waals surface area contributed by atoms with Gasteiger partial charge in [0.15, 0.2) is 0 Å². The van der Waals surface area contributed by atoms with Crippen molar-refractivity contribution in [3.05, 3.63) is 27.9 Å². The van der Waals surface area contributed by atoms with Gasteiger partial charge in [0.2, 0.25) is 10.0 Å². The number of hydrogen-bond acceptors (Lipinski definition) is 7. The first-order valence-electron chi connectivity index (χ1n) is 4.46. The third-order valence-electron chi connectivity index (χ3n) is 1.74. The van der Waals surface area contributed by atoms with Crippen LogP contribution in [0.4, 0.5) is 5.69 Å². The summed E-state index contributed by atoms with van der Waals surface area (Å²) in [6, 6.07) is 2.03. The topological polar surface area (TPSA) is 128 Å². The maximum atomic E-state index is 11.4. The normalized spacial score (nSPS) is 10.8. The highest BCUT2D eigenvalue weighted by Gasteiger charge is 2.20. The molecule has 0 bridgehead atoms. The van der Waals surface area contributed by atoms with Crippen LogP contribution >= 0.6 is 0 Å². The Morgan fingerprint density at radius 2 is 2.11 bits per heavy atom. The van der Waals surface area contributed by atoms with Gasteiger partial charge in [-0.25, -0.2) is 18.1 Å². The van der Waals surface area contributed by atoms with Gasteiger partial charge in [0.05, 0.1) is 18.3 Å². The third-order valence-corrected chi connectivity index (χ3v) is 2.30. The maximum absolute atomic E-state index is 11.4. The highest BCUT2D eigenvalue weighted by molar-refractivity contribution is 7.89. The fraction of sp³-hybridized carbons (Fsp3) is 0.250. The van der Waals surface area contributed by atoms with Crippen molar-refractivity contribution < 1.29 is 22.9 Å². The molecule has 18 heavy (non-hydrogen) atoms. The average Bonchev–Trinajstić information content (AvgIpc) is 2.25. The molecule has 1 N–H and O–H groups in total. The molecule has 0 saturated heterocycles. The number of sulfonamides is 1. The van der Waals surface area contributed by atoms with Crippen LogP contribution < -0.4 is 9.46 Å². The number of pyridine rings is 1. The zero-order chi connectivity index (χ0) is 13.9. The van der Waals surface area contributed by atoms with E-state index < -0.39 is 26.5 Å². The van der Waals surface area contributed by atoms with Crippen molar-refractivity contribution in [3.63, 3.8) is 0 Å². The van der Waals surface area contributed by atoms with E-state index in [4.69, 9.17) is 0 Å². The second kappa shape index (κ2) is 4.96. The summed E-state index contributed by atoms with van der Waals surface area (Å²) in [7, 11) is -2.59. The highest BCUT2D eigenvalue weighted by atomic mass is 32.2. The van der Waals surface area contributed by atoms with Crippen LogP contribution in [0.15, 0.2) is 12.1 Å². The van der Waals surface area contributed by atoms with Crippen molar-refractivity contribution in [1.82, 2.24) is 9.71 Å². The monoisotopic (exact) mass is 275 g/mol. The van der Waals surface area contributed by atoms with E-state index in [-0.39, 0.29) is 11.6 Å². The number of methoxy groups -OCH3 is 1. The number of nitrogens with one attached hydrogen (secondary N) is 1. The Hall–Kier alpha value is -2.23. The van der Waals surface area contributed by atoms with Gasteiger partial charge in [-0.3, -0.25) is 14.9 Å². The lowest BCUT2D eigenvalue weighted by atomic mass is 10.3. The highest BCUT2D eigenvalue weighted by Crippen LogP contribution is 2.23. The molecule has 0 aliphatic carbocycles. The van der Waals surface area contributed by atoms with Crippen LogP contribution in [0.3, 0.4) is 0 Å². The summed E-state index contributed by atoms with van der Waals surface area (Å²) in [5, 5.41) is 10.6. The molecular formula is C8H9N3O6S. The van der Waals surface area contributed by atoms with Gasteiger partial charge in [-0.05, 0) is 6.07 Å². The van der Waals surface area contributed by atoms with Crippen LogP contribution in [0.5, 0.6) is 5.88 Å². The van der Waals surface area contributed by atoms with Crippen molar-refractivity contribution in [2.75, 3.05) is 13.4 Å². The Bertz CT molecular complexity index is 597. The summed E-state index contributed by atoms with van der Waals surface area (Å²) in [6.45, 7) is 0. The summed E-state index contributed by atoms with van der Waals surface area (Å²) in [4.78, 5) is 24.8. The molecule has 0 saturated carbocycles. The summed E-state index contributed by atoms with van der Waals surface area (Å²) in [5.74, 6) is -1.37. The van der Waals surface area contributed by atoms with Crippen molar-refractivity contribution in [2.24, 2.45) is 0 Å². The number of rotatable bonds is 4. The number of hydrogen-bond donors (Lipinski definition) is 1. The van der Waals surface area contributed by atoms with Crippen molar-refractivity contribution in [2.45, 2.75) is 0 Å². The minimum absolute atomic E-state index is 0.303. The van der Waals surface area contributed by atoms with Gasteiger partial charge in [0.1, 0.15) is 5.69 Å². The van der Waals surface area contributed by atoms with Gasteiger partial charge < -0.3 is 4.74 Å². The summed E-state index contributed by atoms with van der Waals surface area (Å²) in [6.07, 6.45) is 0.799. The van der Waals surface area contributed by atoms with E-state index in [0.717, 1.165) is 25.5 Å². The largest absolute Gasteiger partial charge is 0.476 e. The molecule has 0 fully saturated rings. The lowest BCUT2D eigenvalue weighted by Crippen LogP contribution is -2.30. The molecular weight excluding hydrogens is 266 g/mol. The van der Waals surface area contributed by atoms with Crippen LogP contribution in [0.2, 0.25) is 0 Å². The van der Waals surface area contributed by atoms with Crippen molar-refractivity contribution in [3.8, 4) is 5.88 Å². The molecule has 1 amide bonds. The summed E-state index contributed by atoms with van der Waals surface area (Å²) < 4.78 is 28.0. The molecule has 0 aliphatic rings. The number of nitrogens with zero attached hydrogens (tertiary/aromatic N) is 2. The van der Waals surface area contributed by atoms with Crippen molar-refractivity contribution in [1.29, 1.82) is 0 Å².